The first-order valence-corrected chi connectivity index (χ1v) is 6.89. The van der Waals surface area contributed by atoms with Crippen molar-refractivity contribution in [3.63, 3.8) is 0 Å². The molecule has 0 saturated carbocycles. The van der Waals surface area contributed by atoms with Crippen LogP contribution in [0.4, 0.5) is 5.69 Å². The Kier molecular flexibility index (Phi) is 4.69. The van der Waals surface area contributed by atoms with Crippen molar-refractivity contribution in [1.82, 2.24) is 0 Å². The third-order valence-electron chi connectivity index (χ3n) is 2.76. The maximum atomic E-state index is 9.51. The molecule has 3 nitrogen and oxygen atoms in total. The Hall–Kier alpha value is -1.23. The lowest BCUT2D eigenvalue weighted by molar-refractivity contribution is 0.276. The monoisotopic (exact) mass is 341 g/mol. The Bertz CT molecular complexity index is 577. The van der Waals surface area contributed by atoms with Crippen LogP contribution in [-0.4, -0.2) is 16.8 Å². The molecule has 100 valence electrons. The van der Waals surface area contributed by atoms with Crippen LogP contribution in [-0.2, 0) is 0 Å². The van der Waals surface area contributed by atoms with Crippen LogP contribution in [0.25, 0.3) is 0 Å². The van der Waals surface area contributed by atoms with Gasteiger partial charge in [0.25, 0.3) is 0 Å². The first kappa shape index (κ1) is 14.2. The fourth-order valence-corrected chi connectivity index (χ4v) is 2.33. The van der Waals surface area contributed by atoms with E-state index in [9.17, 15) is 10.2 Å². The molecular weight excluding hydrogens is 330 g/mol. The molecule has 0 aromatic heterocycles. The molecule has 0 spiro atoms. The van der Waals surface area contributed by atoms with E-state index in [4.69, 9.17) is 11.6 Å². The topological polar surface area (TPSA) is 52.5 Å². The van der Waals surface area contributed by atoms with Crippen molar-refractivity contribution in [2.45, 2.75) is 6.04 Å². The molecule has 0 aliphatic carbocycles. The SMILES string of the molecule is OCC(Nc1ccccc1Br)c1ccc(O)c(Cl)c1. The Morgan fingerprint density at radius 2 is 1.95 bits per heavy atom. The summed E-state index contributed by atoms with van der Waals surface area (Å²) in [5.74, 6) is 0.0306. The summed E-state index contributed by atoms with van der Waals surface area (Å²) in [4.78, 5) is 0. The second-order valence-corrected chi connectivity index (χ2v) is 5.33. The molecule has 0 fully saturated rings. The zero-order valence-electron chi connectivity index (χ0n) is 9.98. The van der Waals surface area contributed by atoms with Crippen LogP contribution in [0.15, 0.2) is 46.9 Å². The number of nitrogens with one attached hydrogen (secondary N) is 1. The average Bonchev–Trinajstić information content (AvgIpc) is 2.41. The molecule has 1 unspecified atom stereocenters. The minimum absolute atomic E-state index is 0.0306. The lowest BCUT2D eigenvalue weighted by atomic mass is 10.1. The Morgan fingerprint density at radius 1 is 1.21 bits per heavy atom. The molecular formula is C14H13BrClNO2. The van der Waals surface area contributed by atoms with Crippen molar-refractivity contribution in [2.75, 3.05) is 11.9 Å². The van der Waals surface area contributed by atoms with Gasteiger partial charge in [0.15, 0.2) is 0 Å². The number of aliphatic hydroxyl groups excluding tert-OH is 1. The van der Waals surface area contributed by atoms with Gasteiger partial charge < -0.3 is 15.5 Å². The van der Waals surface area contributed by atoms with E-state index >= 15 is 0 Å². The second-order valence-electron chi connectivity index (χ2n) is 4.07. The van der Waals surface area contributed by atoms with Gasteiger partial charge in [0.2, 0.25) is 0 Å². The number of para-hydroxylation sites is 1. The van der Waals surface area contributed by atoms with Gasteiger partial charge in [-0.05, 0) is 45.8 Å². The molecule has 2 rings (SSSR count). The highest BCUT2D eigenvalue weighted by atomic mass is 79.9. The number of phenols is 1. The van der Waals surface area contributed by atoms with Crippen molar-refractivity contribution in [3.05, 3.63) is 57.5 Å². The van der Waals surface area contributed by atoms with E-state index in [1.807, 2.05) is 24.3 Å². The third kappa shape index (κ3) is 3.41. The van der Waals surface area contributed by atoms with Gasteiger partial charge in [-0.3, -0.25) is 0 Å². The van der Waals surface area contributed by atoms with Gasteiger partial charge in [0, 0.05) is 10.2 Å². The molecule has 0 bridgehead atoms. The van der Waals surface area contributed by atoms with Crippen molar-refractivity contribution in [2.24, 2.45) is 0 Å². The van der Waals surface area contributed by atoms with Crippen molar-refractivity contribution in [1.29, 1.82) is 0 Å². The number of hydrogen-bond donors (Lipinski definition) is 3. The quantitative estimate of drug-likeness (QED) is 0.788. The van der Waals surface area contributed by atoms with Crippen LogP contribution >= 0.6 is 27.5 Å². The van der Waals surface area contributed by atoms with E-state index < -0.39 is 0 Å². The van der Waals surface area contributed by atoms with Crippen LogP contribution < -0.4 is 5.32 Å². The molecule has 0 aliphatic rings. The molecule has 1 atom stereocenters. The molecule has 5 heteroatoms. The maximum absolute atomic E-state index is 9.51. The zero-order chi connectivity index (χ0) is 13.8. The van der Waals surface area contributed by atoms with E-state index in [0.29, 0.717) is 0 Å². The average molecular weight is 343 g/mol. The third-order valence-corrected chi connectivity index (χ3v) is 3.75. The van der Waals surface area contributed by atoms with E-state index in [1.165, 1.54) is 6.07 Å². The molecule has 19 heavy (non-hydrogen) atoms. The predicted molar refractivity (Wildman–Crippen MR) is 80.7 cm³/mol. The fourth-order valence-electron chi connectivity index (χ4n) is 1.74. The zero-order valence-corrected chi connectivity index (χ0v) is 12.3. The lowest BCUT2D eigenvalue weighted by Gasteiger charge is -2.19. The summed E-state index contributed by atoms with van der Waals surface area (Å²) in [6, 6.07) is 12.2. The van der Waals surface area contributed by atoms with Crippen molar-refractivity contribution < 1.29 is 10.2 Å². The van der Waals surface area contributed by atoms with Crippen molar-refractivity contribution in [3.8, 4) is 5.75 Å². The summed E-state index contributed by atoms with van der Waals surface area (Å²) in [5.41, 5.74) is 1.69. The molecule has 0 aliphatic heterocycles. The van der Waals surface area contributed by atoms with Gasteiger partial charge in [0.05, 0.1) is 17.7 Å². The number of rotatable bonds is 4. The largest absolute Gasteiger partial charge is 0.506 e. The molecule has 2 aromatic rings. The van der Waals surface area contributed by atoms with Crippen LogP contribution in [0.1, 0.15) is 11.6 Å². The van der Waals surface area contributed by atoms with Crippen LogP contribution in [0.3, 0.4) is 0 Å². The number of benzene rings is 2. The number of anilines is 1. The molecule has 0 amide bonds. The van der Waals surface area contributed by atoms with E-state index in [-0.39, 0.29) is 23.4 Å². The number of halogens is 2. The summed E-state index contributed by atoms with van der Waals surface area (Å²) in [6.07, 6.45) is 0. The first-order chi connectivity index (χ1) is 9.11. The summed E-state index contributed by atoms with van der Waals surface area (Å²) in [7, 11) is 0. The Morgan fingerprint density at radius 3 is 2.58 bits per heavy atom. The number of hydrogen-bond acceptors (Lipinski definition) is 3. The molecule has 2 aromatic carbocycles. The summed E-state index contributed by atoms with van der Waals surface area (Å²) in [5, 5.41) is 22.4. The van der Waals surface area contributed by atoms with Gasteiger partial charge in [-0.15, -0.1) is 0 Å². The van der Waals surface area contributed by atoms with Crippen LogP contribution in [0.5, 0.6) is 5.75 Å². The highest BCUT2D eigenvalue weighted by molar-refractivity contribution is 9.10. The fraction of sp³-hybridized carbons (Fsp3) is 0.143. The molecule has 0 radical (unpaired) electrons. The van der Waals surface area contributed by atoms with Gasteiger partial charge in [-0.1, -0.05) is 29.8 Å². The van der Waals surface area contributed by atoms with Gasteiger partial charge in [-0.2, -0.15) is 0 Å². The number of aromatic hydroxyl groups is 1. The Balaban J connectivity index is 2.25. The normalized spacial score (nSPS) is 12.2. The smallest absolute Gasteiger partial charge is 0.134 e. The van der Waals surface area contributed by atoms with E-state index in [2.05, 4.69) is 21.2 Å². The van der Waals surface area contributed by atoms with Gasteiger partial charge >= 0.3 is 0 Å². The highest BCUT2D eigenvalue weighted by Gasteiger charge is 2.13. The molecule has 0 saturated heterocycles. The van der Waals surface area contributed by atoms with E-state index in [0.717, 1.165) is 15.7 Å². The first-order valence-electron chi connectivity index (χ1n) is 5.72. The van der Waals surface area contributed by atoms with Gasteiger partial charge in [-0.25, -0.2) is 0 Å². The predicted octanol–water partition coefficient (Wildman–Crippen LogP) is 3.95. The van der Waals surface area contributed by atoms with Crippen LogP contribution in [0, 0.1) is 0 Å². The van der Waals surface area contributed by atoms with E-state index in [1.54, 1.807) is 12.1 Å². The Labute approximate surface area is 125 Å². The maximum Gasteiger partial charge on any atom is 0.134 e. The minimum atomic E-state index is -0.295. The summed E-state index contributed by atoms with van der Waals surface area (Å²) in [6.45, 7) is -0.0809. The second kappa shape index (κ2) is 6.28. The van der Waals surface area contributed by atoms with Crippen LogP contribution in [0.2, 0.25) is 5.02 Å². The molecule has 3 N–H and O–H groups in total. The van der Waals surface area contributed by atoms with Crippen molar-refractivity contribution >= 4 is 33.2 Å². The summed E-state index contributed by atoms with van der Waals surface area (Å²) >= 11 is 9.32. The standard InChI is InChI=1S/C14H13BrClNO2/c15-10-3-1-2-4-12(10)17-13(8-18)9-5-6-14(19)11(16)7-9/h1-7,13,17-19H,8H2. The lowest BCUT2D eigenvalue weighted by Crippen LogP contribution is -2.15. The highest BCUT2D eigenvalue weighted by Crippen LogP contribution is 2.30. The number of phenolic OH excluding ortho intramolecular Hbond substituents is 1. The molecule has 0 heterocycles. The summed E-state index contributed by atoms with van der Waals surface area (Å²) < 4.78 is 0.915. The minimum Gasteiger partial charge on any atom is -0.506 e. The number of aliphatic hydroxyl groups is 1. The van der Waals surface area contributed by atoms with Gasteiger partial charge in [0.1, 0.15) is 5.75 Å².